The van der Waals surface area contributed by atoms with Crippen molar-refractivity contribution in [3.63, 3.8) is 0 Å². The maximum atomic E-state index is 12.6. The van der Waals surface area contributed by atoms with Crippen LogP contribution < -0.4 is 10.2 Å². The van der Waals surface area contributed by atoms with E-state index in [0.717, 1.165) is 82.0 Å². The maximum Gasteiger partial charge on any atom is 0.235 e. The van der Waals surface area contributed by atoms with E-state index in [1.54, 1.807) is 0 Å². The smallest absolute Gasteiger partial charge is 0.235 e. The van der Waals surface area contributed by atoms with Crippen molar-refractivity contribution in [3.05, 3.63) is 17.6 Å². The predicted octanol–water partition coefficient (Wildman–Crippen LogP) is 2.76. The van der Waals surface area contributed by atoms with Gasteiger partial charge in [0.25, 0.3) is 0 Å². The summed E-state index contributed by atoms with van der Waals surface area (Å²) in [5, 5.41) is 12.7. The second kappa shape index (κ2) is 9.53. The molecule has 7 heteroatoms. The van der Waals surface area contributed by atoms with Crippen LogP contribution in [0.5, 0.6) is 0 Å². The summed E-state index contributed by atoms with van der Waals surface area (Å²) in [7, 11) is 0. The Labute approximate surface area is 174 Å². The summed E-state index contributed by atoms with van der Waals surface area (Å²) in [5.74, 6) is 2.14. The molecule has 0 spiro atoms. The van der Waals surface area contributed by atoms with E-state index in [0.29, 0.717) is 12.5 Å². The fourth-order valence-corrected chi connectivity index (χ4v) is 4.24. The van der Waals surface area contributed by atoms with Crippen molar-refractivity contribution in [3.8, 4) is 6.07 Å². The fourth-order valence-electron chi connectivity index (χ4n) is 4.24. The summed E-state index contributed by atoms with van der Waals surface area (Å²) in [6.07, 6.45) is 5.89. The molecule has 1 saturated carbocycles. The third-order valence-electron chi connectivity index (χ3n) is 5.99. The molecule has 1 aliphatic heterocycles. The van der Waals surface area contributed by atoms with Crippen molar-refractivity contribution in [1.29, 1.82) is 5.26 Å². The third kappa shape index (κ3) is 5.66. The Kier molecular flexibility index (Phi) is 7.07. The van der Waals surface area contributed by atoms with Gasteiger partial charge in [-0.15, -0.1) is 0 Å². The number of amides is 1. The summed E-state index contributed by atoms with van der Waals surface area (Å²) in [6, 6.07) is 4.44. The maximum absolute atomic E-state index is 12.6. The predicted molar refractivity (Wildman–Crippen MR) is 114 cm³/mol. The Morgan fingerprint density at radius 2 is 1.83 bits per heavy atom. The highest BCUT2D eigenvalue weighted by Crippen LogP contribution is 2.26. The SMILES string of the molecule is Cc1cc(N2CCN(CC(=O)NC3(C#N)CCCCCC3)CC2)nc(C(C)C)n1. The molecule has 0 bridgehead atoms. The molecule has 0 unspecified atom stereocenters. The van der Waals surface area contributed by atoms with Crippen LogP contribution in [-0.4, -0.2) is 59.0 Å². The molecule has 0 atom stereocenters. The molecule has 0 radical (unpaired) electrons. The van der Waals surface area contributed by atoms with Crippen LogP contribution in [-0.2, 0) is 4.79 Å². The van der Waals surface area contributed by atoms with E-state index in [-0.39, 0.29) is 5.91 Å². The van der Waals surface area contributed by atoms with Crippen LogP contribution in [0, 0.1) is 18.3 Å². The van der Waals surface area contributed by atoms with Gasteiger partial charge < -0.3 is 10.2 Å². The van der Waals surface area contributed by atoms with Gasteiger partial charge in [0.2, 0.25) is 5.91 Å². The Balaban J connectivity index is 1.53. The molecule has 2 aliphatic rings. The van der Waals surface area contributed by atoms with Crippen LogP contribution in [0.15, 0.2) is 6.07 Å². The van der Waals surface area contributed by atoms with Gasteiger partial charge in [-0.3, -0.25) is 9.69 Å². The standard InChI is InChI=1S/C22H34N6O/c1-17(2)21-24-18(3)14-19(25-21)28-12-10-27(11-13-28)15-20(29)26-22(16-23)8-6-4-5-7-9-22/h14,17H,4-13,15H2,1-3H3,(H,26,29). The molecule has 158 valence electrons. The lowest BCUT2D eigenvalue weighted by Crippen LogP contribution is -2.53. The van der Waals surface area contributed by atoms with Crippen LogP contribution in [0.2, 0.25) is 0 Å². The number of carbonyl (C=O) groups excluding carboxylic acids is 1. The molecule has 3 rings (SSSR count). The molecule has 29 heavy (non-hydrogen) atoms. The zero-order chi connectivity index (χ0) is 20.9. The molecular formula is C22H34N6O. The van der Waals surface area contributed by atoms with Gasteiger partial charge >= 0.3 is 0 Å². The summed E-state index contributed by atoms with van der Waals surface area (Å²) >= 11 is 0. The Hall–Kier alpha value is -2.20. The second-order valence-corrected chi connectivity index (χ2v) is 8.80. The minimum Gasteiger partial charge on any atom is -0.354 e. The van der Waals surface area contributed by atoms with Crippen LogP contribution >= 0.6 is 0 Å². The first-order valence-electron chi connectivity index (χ1n) is 11.0. The molecule has 1 aliphatic carbocycles. The fraction of sp³-hybridized carbons (Fsp3) is 0.727. The van der Waals surface area contributed by atoms with Crippen molar-refractivity contribution in [1.82, 2.24) is 20.2 Å². The van der Waals surface area contributed by atoms with Crippen LogP contribution in [0.4, 0.5) is 5.82 Å². The number of carbonyl (C=O) groups is 1. The van der Waals surface area contributed by atoms with Gasteiger partial charge in [0.15, 0.2) is 0 Å². The largest absolute Gasteiger partial charge is 0.354 e. The topological polar surface area (TPSA) is 85.1 Å². The van der Waals surface area contributed by atoms with Crippen molar-refractivity contribution < 1.29 is 4.79 Å². The summed E-state index contributed by atoms with van der Waals surface area (Å²) in [4.78, 5) is 26.3. The van der Waals surface area contributed by atoms with E-state index in [4.69, 9.17) is 4.98 Å². The molecular weight excluding hydrogens is 364 g/mol. The van der Waals surface area contributed by atoms with E-state index in [2.05, 4.69) is 40.0 Å². The minimum atomic E-state index is -0.666. The second-order valence-electron chi connectivity index (χ2n) is 8.80. The van der Waals surface area contributed by atoms with Gasteiger partial charge in [-0.2, -0.15) is 5.26 Å². The van der Waals surface area contributed by atoms with E-state index < -0.39 is 5.54 Å². The molecule has 2 fully saturated rings. The zero-order valence-corrected chi connectivity index (χ0v) is 18.1. The normalized spacial score (nSPS) is 20.2. The van der Waals surface area contributed by atoms with E-state index in [1.807, 2.05) is 13.0 Å². The van der Waals surface area contributed by atoms with Gasteiger partial charge in [-0.1, -0.05) is 39.5 Å². The molecule has 2 heterocycles. The number of piperazine rings is 1. The first-order valence-corrected chi connectivity index (χ1v) is 11.0. The Bertz CT molecular complexity index is 740. The van der Waals surface area contributed by atoms with E-state index >= 15 is 0 Å². The summed E-state index contributed by atoms with van der Waals surface area (Å²) in [5.41, 5.74) is 0.326. The monoisotopic (exact) mass is 398 g/mol. The lowest BCUT2D eigenvalue weighted by atomic mass is 9.92. The first-order chi connectivity index (χ1) is 13.9. The zero-order valence-electron chi connectivity index (χ0n) is 18.1. The number of rotatable bonds is 5. The van der Waals surface area contributed by atoms with Gasteiger partial charge in [0.1, 0.15) is 17.2 Å². The van der Waals surface area contributed by atoms with Gasteiger partial charge in [-0.25, -0.2) is 9.97 Å². The summed E-state index contributed by atoms with van der Waals surface area (Å²) < 4.78 is 0. The molecule has 7 nitrogen and oxygen atoms in total. The molecule has 0 aromatic carbocycles. The lowest BCUT2D eigenvalue weighted by molar-refractivity contribution is -0.123. The van der Waals surface area contributed by atoms with Gasteiger partial charge in [0, 0.05) is 43.9 Å². The minimum absolute atomic E-state index is 0.0260. The number of nitrogens with one attached hydrogen (secondary N) is 1. The highest BCUT2D eigenvalue weighted by atomic mass is 16.2. The number of hydrogen-bond donors (Lipinski definition) is 1. The quantitative estimate of drug-likeness (QED) is 0.768. The van der Waals surface area contributed by atoms with E-state index in [1.165, 1.54) is 0 Å². The van der Waals surface area contributed by atoms with Crippen LogP contribution in [0.1, 0.15) is 69.8 Å². The number of anilines is 1. The molecule has 1 amide bonds. The average Bonchev–Trinajstić information content (AvgIpc) is 2.94. The number of aryl methyl sites for hydroxylation is 1. The number of nitriles is 1. The first kappa shape index (κ1) is 21.5. The molecule has 1 aromatic heterocycles. The van der Waals surface area contributed by atoms with Crippen molar-refractivity contribution in [2.75, 3.05) is 37.6 Å². The van der Waals surface area contributed by atoms with Crippen molar-refractivity contribution >= 4 is 11.7 Å². The highest BCUT2D eigenvalue weighted by Gasteiger charge is 2.33. The van der Waals surface area contributed by atoms with Gasteiger partial charge in [-0.05, 0) is 19.8 Å². The summed E-state index contributed by atoms with van der Waals surface area (Å²) in [6.45, 7) is 9.89. The number of aromatic nitrogens is 2. The Morgan fingerprint density at radius 1 is 1.17 bits per heavy atom. The van der Waals surface area contributed by atoms with Crippen LogP contribution in [0.25, 0.3) is 0 Å². The highest BCUT2D eigenvalue weighted by molar-refractivity contribution is 5.79. The Morgan fingerprint density at radius 3 is 2.41 bits per heavy atom. The molecule has 1 N–H and O–H groups in total. The van der Waals surface area contributed by atoms with Crippen molar-refractivity contribution in [2.24, 2.45) is 0 Å². The van der Waals surface area contributed by atoms with Crippen molar-refractivity contribution in [2.45, 2.75) is 70.8 Å². The number of hydrogen-bond acceptors (Lipinski definition) is 6. The molecule has 1 aromatic rings. The van der Waals surface area contributed by atoms with Gasteiger partial charge in [0.05, 0.1) is 12.6 Å². The number of nitrogens with zero attached hydrogens (tertiary/aromatic N) is 5. The van der Waals surface area contributed by atoms with E-state index in [9.17, 15) is 10.1 Å². The lowest BCUT2D eigenvalue weighted by Gasteiger charge is -2.36. The average molecular weight is 399 g/mol. The third-order valence-corrected chi connectivity index (χ3v) is 5.99. The molecule has 1 saturated heterocycles. The van der Waals surface area contributed by atoms with Crippen LogP contribution in [0.3, 0.4) is 0 Å².